The summed E-state index contributed by atoms with van der Waals surface area (Å²) < 4.78 is 7.57. The van der Waals surface area contributed by atoms with Crippen LogP contribution in [-0.2, 0) is 16.1 Å². The Hall–Kier alpha value is -4.82. The number of imide groups is 1. The summed E-state index contributed by atoms with van der Waals surface area (Å²) in [5.74, 6) is -0.238. The normalized spacial score (nSPS) is 14.4. The molecule has 8 heteroatoms. The predicted molar refractivity (Wildman–Crippen MR) is 164 cm³/mol. The number of nitrogens with zero attached hydrogens (tertiary/aromatic N) is 2. The molecular weight excluding hydrogens is 534 g/mol. The highest BCUT2D eigenvalue weighted by molar-refractivity contribution is 8.18. The Morgan fingerprint density at radius 3 is 2.49 bits per heavy atom. The van der Waals surface area contributed by atoms with Gasteiger partial charge in [0.05, 0.1) is 11.5 Å². The van der Waals surface area contributed by atoms with Gasteiger partial charge in [-0.2, -0.15) is 0 Å². The van der Waals surface area contributed by atoms with Gasteiger partial charge < -0.3 is 14.6 Å². The lowest BCUT2D eigenvalue weighted by Gasteiger charge is -2.12. The SMILES string of the molecule is CCOc1ccc(NC(=O)CN2C(=O)S/C(=C/c3cn(Cc4ccc5ccccc5c4)c4ccccc34)C2=O)cc1. The molecule has 6 rings (SSSR count). The fourth-order valence-electron chi connectivity index (χ4n) is 4.98. The molecule has 1 aliphatic heterocycles. The average molecular weight is 562 g/mol. The number of carbonyl (C=O) groups is 3. The predicted octanol–water partition coefficient (Wildman–Crippen LogP) is 6.92. The van der Waals surface area contributed by atoms with Crippen molar-refractivity contribution in [1.82, 2.24) is 9.47 Å². The van der Waals surface area contributed by atoms with Crippen molar-refractivity contribution >= 4 is 62.3 Å². The van der Waals surface area contributed by atoms with E-state index in [-0.39, 0.29) is 11.4 Å². The lowest BCUT2D eigenvalue weighted by Crippen LogP contribution is -2.36. The van der Waals surface area contributed by atoms with Crippen LogP contribution in [0.5, 0.6) is 5.75 Å². The second-order valence-corrected chi connectivity index (χ2v) is 10.7. The van der Waals surface area contributed by atoms with Gasteiger partial charge in [0.25, 0.3) is 11.1 Å². The average Bonchev–Trinajstić information content (AvgIpc) is 3.45. The first-order valence-electron chi connectivity index (χ1n) is 13.3. The van der Waals surface area contributed by atoms with E-state index in [1.54, 1.807) is 30.3 Å². The lowest BCUT2D eigenvalue weighted by molar-refractivity contribution is -0.127. The summed E-state index contributed by atoms with van der Waals surface area (Å²) in [6.07, 6.45) is 3.75. The van der Waals surface area contributed by atoms with Crippen molar-refractivity contribution in [2.75, 3.05) is 18.5 Å². The van der Waals surface area contributed by atoms with Crippen LogP contribution in [0.15, 0.2) is 102 Å². The van der Waals surface area contributed by atoms with E-state index in [1.165, 1.54) is 10.8 Å². The van der Waals surface area contributed by atoms with Gasteiger partial charge >= 0.3 is 0 Å². The van der Waals surface area contributed by atoms with E-state index in [0.717, 1.165) is 38.7 Å². The molecule has 0 atom stereocenters. The number of ether oxygens (including phenoxy) is 1. The zero-order valence-corrected chi connectivity index (χ0v) is 23.2. The number of para-hydroxylation sites is 1. The molecule has 1 aliphatic rings. The Morgan fingerprint density at radius 1 is 0.927 bits per heavy atom. The van der Waals surface area contributed by atoms with E-state index < -0.39 is 17.1 Å². The molecule has 1 saturated heterocycles. The van der Waals surface area contributed by atoms with Crippen molar-refractivity contribution in [1.29, 1.82) is 0 Å². The van der Waals surface area contributed by atoms with Crippen LogP contribution in [0.3, 0.4) is 0 Å². The number of amides is 3. The highest BCUT2D eigenvalue weighted by Crippen LogP contribution is 2.34. The fraction of sp³-hybridized carbons (Fsp3) is 0.121. The minimum absolute atomic E-state index is 0.289. The van der Waals surface area contributed by atoms with E-state index >= 15 is 0 Å². The van der Waals surface area contributed by atoms with Gasteiger partial charge in [-0.1, -0.05) is 54.6 Å². The van der Waals surface area contributed by atoms with Crippen LogP contribution in [-0.4, -0.2) is 39.7 Å². The van der Waals surface area contributed by atoms with Gasteiger partial charge in [0.1, 0.15) is 12.3 Å². The van der Waals surface area contributed by atoms with E-state index in [1.807, 2.05) is 49.5 Å². The molecule has 5 aromatic rings. The molecule has 1 N–H and O–H groups in total. The van der Waals surface area contributed by atoms with Crippen LogP contribution in [0.25, 0.3) is 27.8 Å². The number of fused-ring (bicyclic) bond motifs is 2. The van der Waals surface area contributed by atoms with Crippen molar-refractivity contribution < 1.29 is 19.1 Å². The monoisotopic (exact) mass is 561 g/mol. The molecule has 41 heavy (non-hydrogen) atoms. The van der Waals surface area contributed by atoms with Crippen LogP contribution < -0.4 is 10.1 Å². The summed E-state index contributed by atoms with van der Waals surface area (Å²) >= 11 is 0.848. The van der Waals surface area contributed by atoms with Gasteiger partial charge in [-0.3, -0.25) is 19.3 Å². The fourth-order valence-corrected chi connectivity index (χ4v) is 5.81. The molecule has 0 spiro atoms. The third-order valence-corrected chi connectivity index (χ3v) is 7.80. The number of thioether (sulfide) groups is 1. The first kappa shape index (κ1) is 26.4. The van der Waals surface area contributed by atoms with Crippen molar-refractivity contribution in [3.05, 3.63) is 113 Å². The smallest absolute Gasteiger partial charge is 0.294 e. The number of anilines is 1. The molecule has 0 unspecified atom stereocenters. The van der Waals surface area contributed by atoms with E-state index in [2.05, 4.69) is 40.2 Å². The first-order chi connectivity index (χ1) is 20.0. The maximum absolute atomic E-state index is 13.2. The van der Waals surface area contributed by atoms with Gasteiger partial charge in [0.15, 0.2) is 0 Å². The summed E-state index contributed by atoms with van der Waals surface area (Å²) in [5.41, 5.74) is 3.58. The van der Waals surface area contributed by atoms with Gasteiger partial charge in [0.2, 0.25) is 5.91 Å². The van der Waals surface area contributed by atoms with Gasteiger partial charge in [-0.15, -0.1) is 0 Å². The van der Waals surface area contributed by atoms with Crippen LogP contribution in [0, 0.1) is 0 Å². The van der Waals surface area contributed by atoms with Crippen molar-refractivity contribution in [2.45, 2.75) is 13.5 Å². The van der Waals surface area contributed by atoms with Crippen LogP contribution in [0.4, 0.5) is 10.5 Å². The lowest BCUT2D eigenvalue weighted by atomic mass is 10.1. The summed E-state index contributed by atoms with van der Waals surface area (Å²) in [4.78, 5) is 39.8. The molecule has 0 radical (unpaired) electrons. The molecule has 0 aliphatic carbocycles. The van der Waals surface area contributed by atoms with Gasteiger partial charge in [0, 0.05) is 34.9 Å². The highest BCUT2D eigenvalue weighted by atomic mass is 32.2. The second kappa shape index (κ2) is 11.3. The van der Waals surface area contributed by atoms with Crippen LogP contribution in [0.1, 0.15) is 18.1 Å². The summed E-state index contributed by atoms with van der Waals surface area (Å²) in [7, 11) is 0. The van der Waals surface area contributed by atoms with Crippen molar-refractivity contribution in [3.8, 4) is 5.75 Å². The first-order valence-corrected chi connectivity index (χ1v) is 14.1. The molecule has 0 bridgehead atoms. The Balaban J connectivity index is 1.20. The molecular formula is C33H27N3O4S. The van der Waals surface area contributed by atoms with Crippen LogP contribution in [0.2, 0.25) is 0 Å². The minimum atomic E-state index is -0.479. The number of aromatic nitrogens is 1. The standard InChI is InChI=1S/C33H27N3O4S/c1-2-40-27-15-13-26(14-16-27)34-31(37)21-36-32(38)30(41-33(36)39)18-25-20-35(29-10-6-5-9-28(25)29)19-22-11-12-23-7-3-4-8-24(23)17-22/h3-18,20H,2,19,21H2,1H3,(H,34,37)/b30-18+. The molecule has 4 aromatic carbocycles. The highest BCUT2D eigenvalue weighted by Gasteiger charge is 2.36. The third-order valence-electron chi connectivity index (χ3n) is 6.90. The Labute approximate surface area is 241 Å². The Kier molecular flexibility index (Phi) is 7.31. The van der Waals surface area contributed by atoms with Gasteiger partial charge in [-0.05, 0) is 77.5 Å². The van der Waals surface area contributed by atoms with Gasteiger partial charge in [-0.25, -0.2) is 0 Å². The number of benzene rings is 4. The molecule has 7 nitrogen and oxygen atoms in total. The molecule has 204 valence electrons. The maximum Gasteiger partial charge on any atom is 0.294 e. The number of nitrogens with one attached hydrogen (secondary N) is 1. The molecule has 0 saturated carbocycles. The quantitative estimate of drug-likeness (QED) is 0.208. The molecule has 1 fully saturated rings. The minimum Gasteiger partial charge on any atom is -0.494 e. The zero-order chi connectivity index (χ0) is 28.3. The topological polar surface area (TPSA) is 80.6 Å². The number of hydrogen-bond donors (Lipinski definition) is 1. The molecule has 2 heterocycles. The van der Waals surface area contributed by atoms with E-state index in [4.69, 9.17) is 4.74 Å². The second-order valence-electron chi connectivity index (χ2n) is 9.68. The number of hydrogen-bond acceptors (Lipinski definition) is 5. The summed E-state index contributed by atoms with van der Waals surface area (Å²) in [6, 6.07) is 29.6. The number of rotatable bonds is 8. The maximum atomic E-state index is 13.2. The van der Waals surface area contributed by atoms with E-state index in [9.17, 15) is 14.4 Å². The summed E-state index contributed by atoms with van der Waals surface area (Å²) in [6.45, 7) is 2.74. The van der Waals surface area contributed by atoms with E-state index in [0.29, 0.717) is 24.6 Å². The molecule has 3 amide bonds. The molecule has 1 aromatic heterocycles. The Bertz CT molecular complexity index is 1820. The third kappa shape index (κ3) is 5.60. The van der Waals surface area contributed by atoms with Crippen molar-refractivity contribution in [3.63, 3.8) is 0 Å². The number of carbonyl (C=O) groups excluding carboxylic acids is 3. The van der Waals surface area contributed by atoms with Crippen LogP contribution >= 0.6 is 11.8 Å². The summed E-state index contributed by atoms with van der Waals surface area (Å²) in [5, 5.41) is 5.62. The Morgan fingerprint density at radius 2 is 1.68 bits per heavy atom. The van der Waals surface area contributed by atoms with Crippen molar-refractivity contribution in [2.24, 2.45) is 0 Å². The zero-order valence-electron chi connectivity index (χ0n) is 22.4. The largest absolute Gasteiger partial charge is 0.494 e.